The number of hydrogen-bond acceptors (Lipinski definition) is 2. The Bertz CT molecular complexity index is 612. The molecule has 0 aliphatic carbocycles. The third-order valence-electron chi connectivity index (χ3n) is 2.09. The van der Waals surface area contributed by atoms with Crippen molar-refractivity contribution in [2.45, 2.75) is 0 Å². The Hall–Kier alpha value is -2.45. The number of fused-ring (bicyclic) bond motifs is 1. The summed E-state index contributed by atoms with van der Waals surface area (Å²) in [6, 6.07) is 12.5. The van der Waals surface area contributed by atoms with E-state index in [4.69, 9.17) is 5.26 Å². The topological polar surface area (TPSA) is 44.0 Å². The fraction of sp³-hybridized carbons (Fsp3) is 0. The Labute approximate surface area is 87.4 Å². The smallest absolute Gasteiger partial charge is 0.152 e. The molecule has 0 aliphatic rings. The maximum atomic E-state index is 9.27. The molecular formula is C13H7NO. The summed E-state index contributed by atoms with van der Waals surface area (Å²) in [6.07, 6.45) is 0. The van der Waals surface area contributed by atoms with Crippen LogP contribution in [0.25, 0.3) is 10.8 Å². The van der Waals surface area contributed by atoms with Gasteiger partial charge in [-0.3, -0.25) is 0 Å². The minimum absolute atomic E-state index is 0.248. The van der Waals surface area contributed by atoms with Gasteiger partial charge in [-0.05, 0) is 35.0 Å². The Morgan fingerprint density at radius 1 is 1.00 bits per heavy atom. The molecule has 0 aromatic heterocycles. The maximum Gasteiger partial charge on any atom is 0.152 e. The molecular weight excluding hydrogens is 186 g/mol. The van der Waals surface area contributed by atoms with Gasteiger partial charge in [-0.15, -0.1) is 0 Å². The summed E-state index contributed by atoms with van der Waals surface area (Å²) in [6.45, 7) is 0. The lowest BCUT2D eigenvalue weighted by atomic mass is 10.1. The molecule has 0 atom stereocenters. The molecule has 0 saturated carbocycles. The van der Waals surface area contributed by atoms with Crippen molar-refractivity contribution in [2.24, 2.45) is 0 Å². The first-order chi connectivity index (χ1) is 7.29. The van der Waals surface area contributed by atoms with Crippen molar-refractivity contribution >= 4 is 10.8 Å². The molecule has 0 spiro atoms. The van der Waals surface area contributed by atoms with Gasteiger partial charge in [-0.2, -0.15) is 5.26 Å². The average molecular weight is 193 g/mol. The normalized spacial score (nSPS) is 9.00. The molecule has 2 aromatic rings. The van der Waals surface area contributed by atoms with Gasteiger partial charge >= 0.3 is 0 Å². The molecule has 0 fully saturated rings. The van der Waals surface area contributed by atoms with Crippen molar-refractivity contribution in [1.82, 2.24) is 0 Å². The number of benzene rings is 2. The highest BCUT2D eigenvalue weighted by Gasteiger charge is 1.95. The molecule has 2 nitrogen and oxygen atoms in total. The summed E-state index contributed by atoms with van der Waals surface area (Å²) in [5.41, 5.74) is 0.801. The van der Waals surface area contributed by atoms with Gasteiger partial charge in [0.1, 0.15) is 5.75 Å². The number of nitriles is 1. The maximum absolute atomic E-state index is 9.27. The monoisotopic (exact) mass is 193 g/mol. The quantitative estimate of drug-likeness (QED) is 0.653. The van der Waals surface area contributed by atoms with E-state index in [2.05, 4.69) is 11.8 Å². The van der Waals surface area contributed by atoms with Gasteiger partial charge in [0.25, 0.3) is 0 Å². The summed E-state index contributed by atoms with van der Waals surface area (Å²) in [7, 11) is 0. The van der Waals surface area contributed by atoms with E-state index in [0.717, 1.165) is 16.3 Å². The zero-order valence-corrected chi connectivity index (χ0v) is 7.86. The van der Waals surface area contributed by atoms with E-state index >= 15 is 0 Å². The SMILES string of the molecule is N#CC#Cc1ccc2cc(O)ccc2c1. The van der Waals surface area contributed by atoms with Crippen LogP contribution in [0.1, 0.15) is 5.56 Å². The summed E-state index contributed by atoms with van der Waals surface area (Å²) in [5, 5.41) is 19.5. The lowest BCUT2D eigenvalue weighted by Gasteiger charge is -1.98. The predicted octanol–water partition coefficient (Wildman–Crippen LogP) is 2.42. The Morgan fingerprint density at radius 2 is 1.73 bits per heavy atom. The van der Waals surface area contributed by atoms with E-state index in [0.29, 0.717) is 0 Å². The van der Waals surface area contributed by atoms with Gasteiger partial charge in [0.2, 0.25) is 0 Å². The Balaban J connectivity index is 2.58. The predicted molar refractivity (Wildman–Crippen MR) is 58.1 cm³/mol. The van der Waals surface area contributed by atoms with Crippen LogP contribution >= 0.6 is 0 Å². The standard InChI is InChI=1S/C13H7NO/c14-7-1-2-10-3-4-12-9-13(15)6-5-11(12)8-10/h3-6,8-9,15H. The van der Waals surface area contributed by atoms with Gasteiger partial charge in [0.15, 0.2) is 6.07 Å². The number of phenolic OH excluding ortho intramolecular Hbond substituents is 1. The van der Waals surface area contributed by atoms with Crippen molar-refractivity contribution in [3.63, 3.8) is 0 Å². The van der Waals surface area contributed by atoms with Crippen LogP contribution in [0, 0.1) is 23.2 Å². The summed E-state index contributed by atoms with van der Waals surface area (Å²) in [4.78, 5) is 0. The van der Waals surface area contributed by atoms with Crippen LogP contribution in [-0.2, 0) is 0 Å². The second kappa shape index (κ2) is 3.74. The third-order valence-corrected chi connectivity index (χ3v) is 2.09. The number of nitrogens with zero attached hydrogens (tertiary/aromatic N) is 1. The van der Waals surface area contributed by atoms with Gasteiger partial charge in [-0.1, -0.05) is 18.1 Å². The fourth-order valence-corrected chi connectivity index (χ4v) is 1.41. The van der Waals surface area contributed by atoms with Gasteiger partial charge in [0.05, 0.1) is 0 Å². The fourth-order valence-electron chi connectivity index (χ4n) is 1.41. The number of rotatable bonds is 0. The molecule has 0 heterocycles. The van der Waals surface area contributed by atoms with Gasteiger partial charge in [-0.25, -0.2) is 0 Å². The number of hydrogen-bond donors (Lipinski definition) is 1. The lowest BCUT2D eigenvalue weighted by Crippen LogP contribution is -1.76. The van der Waals surface area contributed by atoms with Gasteiger partial charge < -0.3 is 5.11 Å². The lowest BCUT2D eigenvalue weighted by molar-refractivity contribution is 0.476. The minimum atomic E-state index is 0.248. The summed E-state index contributed by atoms with van der Waals surface area (Å²) < 4.78 is 0. The number of phenols is 1. The summed E-state index contributed by atoms with van der Waals surface area (Å²) >= 11 is 0. The van der Waals surface area contributed by atoms with Crippen molar-refractivity contribution in [3.8, 4) is 23.7 Å². The second-order valence-corrected chi connectivity index (χ2v) is 3.11. The van der Waals surface area contributed by atoms with E-state index in [1.807, 2.05) is 24.3 Å². The van der Waals surface area contributed by atoms with E-state index in [9.17, 15) is 5.11 Å². The molecule has 15 heavy (non-hydrogen) atoms. The first kappa shape index (κ1) is 9.12. The first-order valence-electron chi connectivity index (χ1n) is 4.42. The molecule has 0 radical (unpaired) electrons. The highest BCUT2D eigenvalue weighted by molar-refractivity contribution is 5.85. The van der Waals surface area contributed by atoms with Crippen LogP contribution in [-0.4, -0.2) is 5.11 Å². The molecule has 0 bridgehead atoms. The molecule has 2 rings (SSSR count). The van der Waals surface area contributed by atoms with Gasteiger partial charge in [0, 0.05) is 11.5 Å². The molecule has 0 saturated heterocycles. The molecule has 2 aromatic carbocycles. The van der Waals surface area contributed by atoms with E-state index in [1.54, 1.807) is 18.2 Å². The van der Waals surface area contributed by atoms with Crippen LogP contribution < -0.4 is 0 Å². The number of aromatic hydroxyl groups is 1. The zero-order chi connectivity index (χ0) is 10.7. The summed E-state index contributed by atoms with van der Waals surface area (Å²) in [5.74, 6) is 5.32. The van der Waals surface area contributed by atoms with Crippen LogP contribution in [0.5, 0.6) is 5.75 Å². The van der Waals surface area contributed by atoms with E-state index in [-0.39, 0.29) is 5.75 Å². The molecule has 2 heteroatoms. The average Bonchev–Trinajstić information content (AvgIpc) is 2.26. The zero-order valence-electron chi connectivity index (χ0n) is 7.86. The molecule has 0 amide bonds. The molecule has 0 aliphatic heterocycles. The third kappa shape index (κ3) is 1.90. The van der Waals surface area contributed by atoms with Crippen LogP contribution in [0.2, 0.25) is 0 Å². The Kier molecular flexibility index (Phi) is 2.27. The van der Waals surface area contributed by atoms with Crippen LogP contribution in [0.4, 0.5) is 0 Å². The largest absolute Gasteiger partial charge is 0.508 e. The van der Waals surface area contributed by atoms with Crippen molar-refractivity contribution in [2.75, 3.05) is 0 Å². The molecule has 1 N–H and O–H groups in total. The Morgan fingerprint density at radius 3 is 2.53 bits per heavy atom. The van der Waals surface area contributed by atoms with Crippen LogP contribution in [0.3, 0.4) is 0 Å². The van der Waals surface area contributed by atoms with Crippen molar-refractivity contribution < 1.29 is 5.11 Å². The molecule has 70 valence electrons. The van der Waals surface area contributed by atoms with Crippen molar-refractivity contribution in [3.05, 3.63) is 42.0 Å². The minimum Gasteiger partial charge on any atom is -0.508 e. The molecule has 0 unspecified atom stereocenters. The highest BCUT2D eigenvalue weighted by atomic mass is 16.3. The highest BCUT2D eigenvalue weighted by Crippen LogP contribution is 2.20. The first-order valence-corrected chi connectivity index (χ1v) is 4.42. The van der Waals surface area contributed by atoms with E-state index < -0.39 is 0 Å². The van der Waals surface area contributed by atoms with E-state index in [1.165, 1.54) is 0 Å². The second-order valence-electron chi connectivity index (χ2n) is 3.11. The van der Waals surface area contributed by atoms with Crippen LogP contribution in [0.15, 0.2) is 36.4 Å². The van der Waals surface area contributed by atoms with Crippen molar-refractivity contribution in [1.29, 1.82) is 5.26 Å².